The van der Waals surface area contributed by atoms with Crippen molar-refractivity contribution < 1.29 is 4.79 Å². The molecule has 1 aliphatic heterocycles. The summed E-state index contributed by atoms with van der Waals surface area (Å²) < 4.78 is 1.25. The first kappa shape index (κ1) is 15.7. The number of hydrogen-bond acceptors (Lipinski definition) is 4. The van der Waals surface area contributed by atoms with Gasteiger partial charge in [-0.2, -0.15) is 5.10 Å². The summed E-state index contributed by atoms with van der Waals surface area (Å²) in [7, 11) is 0. The van der Waals surface area contributed by atoms with E-state index in [2.05, 4.69) is 12.0 Å². The summed E-state index contributed by atoms with van der Waals surface area (Å²) in [5, 5.41) is 5.50. The third-order valence-corrected chi connectivity index (χ3v) is 4.62. The molecule has 1 fully saturated rings. The van der Waals surface area contributed by atoms with Crippen LogP contribution < -0.4 is 11.3 Å². The fraction of sp³-hybridized carbons (Fsp3) is 0.471. The van der Waals surface area contributed by atoms with Crippen LogP contribution in [0.1, 0.15) is 19.8 Å². The van der Waals surface area contributed by atoms with Gasteiger partial charge >= 0.3 is 0 Å². The number of hydrogen-bond donors (Lipinski definition) is 1. The minimum Gasteiger partial charge on any atom is -0.337 e. The van der Waals surface area contributed by atoms with E-state index < -0.39 is 0 Å². The van der Waals surface area contributed by atoms with Crippen molar-refractivity contribution in [3.63, 3.8) is 0 Å². The second kappa shape index (κ2) is 6.50. The van der Waals surface area contributed by atoms with Gasteiger partial charge in [-0.15, -0.1) is 0 Å². The Hall–Kier alpha value is -2.21. The van der Waals surface area contributed by atoms with Crippen molar-refractivity contribution in [2.75, 3.05) is 13.1 Å². The summed E-state index contributed by atoms with van der Waals surface area (Å²) in [5.74, 6) is 0.492. The lowest BCUT2D eigenvalue weighted by atomic mass is 9.92. The molecular formula is C17H22N4O2. The van der Waals surface area contributed by atoms with Crippen LogP contribution in [0.3, 0.4) is 0 Å². The van der Waals surface area contributed by atoms with Crippen LogP contribution in [-0.4, -0.2) is 39.7 Å². The minimum absolute atomic E-state index is 0.0332. The van der Waals surface area contributed by atoms with Crippen molar-refractivity contribution in [1.29, 1.82) is 0 Å². The quantitative estimate of drug-likeness (QED) is 0.916. The largest absolute Gasteiger partial charge is 0.337 e. The molecule has 2 atom stereocenters. The standard InChI is InChI=1S/C17H22N4O2/c1-12-6-7-20(14(8-12)9-18)16(22)11-21-17(23)15-5-3-2-4-13(15)10-19-21/h2-5,10,12,14H,6-9,11,18H2,1H3. The van der Waals surface area contributed by atoms with Gasteiger partial charge in [0.05, 0.1) is 11.6 Å². The lowest BCUT2D eigenvalue weighted by Crippen LogP contribution is -2.50. The Bertz CT molecular complexity index is 771. The topological polar surface area (TPSA) is 81.2 Å². The number of fused-ring (bicyclic) bond motifs is 1. The zero-order valence-electron chi connectivity index (χ0n) is 13.3. The van der Waals surface area contributed by atoms with Crippen LogP contribution in [0.25, 0.3) is 10.8 Å². The normalized spacial score (nSPS) is 21.6. The number of carbonyl (C=O) groups is 1. The van der Waals surface area contributed by atoms with Crippen molar-refractivity contribution in [3.05, 3.63) is 40.8 Å². The smallest absolute Gasteiger partial charge is 0.275 e. The Balaban J connectivity index is 1.83. The number of nitrogens with zero attached hydrogens (tertiary/aromatic N) is 3. The van der Waals surface area contributed by atoms with Gasteiger partial charge in [0.15, 0.2) is 0 Å². The molecule has 2 unspecified atom stereocenters. The third kappa shape index (κ3) is 3.12. The molecule has 122 valence electrons. The highest BCUT2D eigenvalue weighted by atomic mass is 16.2. The Morgan fingerprint density at radius 2 is 2.17 bits per heavy atom. The molecule has 0 aliphatic carbocycles. The molecule has 1 aromatic carbocycles. The Morgan fingerprint density at radius 1 is 1.39 bits per heavy atom. The van der Waals surface area contributed by atoms with Crippen LogP contribution >= 0.6 is 0 Å². The summed E-state index contributed by atoms with van der Waals surface area (Å²) in [6.45, 7) is 3.30. The molecule has 23 heavy (non-hydrogen) atoms. The van der Waals surface area contributed by atoms with Crippen LogP contribution in [0.15, 0.2) is 35.3 Å². The van der Waals surface area contributed by atoms with Crippen molar-refractivity contribution in [2.45, 2.75) is 32.4 Å². The number of likely N-dealkylation sites (tertiary alicyclic amines) is 1. The van der Waals surface area contributed by atoms with E-state index in [0.717, 1.165) is 18.2 Å². The average molecular weight is 314 g/mol. The molecule has 0 saturated carbocycles. The summed E-state index contributed by atoms with van der Waals surface area (Å²) in [6.07, 6.45) is 3.52. The predicted octanol–water partition coefficient (Wildman–Crippen LogP) is 0.982. The van der Waals surface area contributed by atoms with Gasteiger partial charge in [-0.1, -0.05) is 25.1 Å². The van der Waals surface area contributed by atoms with E-state index in [0.29, 0.717) is 24.4 Å². The molecule has 1 aromatic heterocycles. The lowest BCUT2D eigenvalue weighted by molar-refractivity contribution is -0.136. The highest BCUT2D eigenvalue weighted by Crippen LogP contribution is 2.22. The summed E-state index contributed by atoms with van der Waals surface area (Å²) in [4.78, 5) is 26.9. The highest BCUT2D eigenvalue weighted by molar-refractivity contribution is 5.81. The minimum atomic E-state index is -0.230. The van der Waals surface area contributed by atoms with E-state index >= 15 is 0 Å². The average Bonchev–Trinajstić information content (AvgIpc) is 2.57. The summed E-state index contributed by atoms with van der Waals surface area (Å²) >= 11 is 0. The van der Waals surface area contributed by atoms with Gasteiger partial charge < -0.3 is 10.6 Å². The fourth-order valence-corrected chi connectivity index (χ4v) is 3.26. The Morgan fingerprint density at radius 3 is 2.96 bits per heavy atom. The number of nitrogens with two attached hydrogens (primary N) is 1. The molecule has 0 radical (unpaired) electrons. The molecule has 1 saturated heterocycles. The van der Waals surface area contributed by atoms with Gasteiger partial charge in [0.25, 0.3) is 5.56 Å². The maximum atomic E-state index is 12.6. The van der Waals surface area contributed by atoms with Gasteiger partial charge in [-0.05, 0) is 24.8 Å². The second-order valence-electron chi connectivity index (χ2n) is 6.30. The SMILES string of the molecule is CC1CCN(C(=O)Cn2ncc3ccccc3c2=O)C(CN)C1. The molecular weight excluding hydrogens is 292 g/mol. The van der Waals surface area contributed by atoms with Crippen LogP contribution in [-0.2, 0) is 11.3 Å². The zero-order valence-corrected chi connectivity index (χ0v) is 13.3. The molecule has 6 nitrogen and oxygen atoms in total. The van der Waals surface area contributed by atoms with E-state index in [1.807, 2.05) is 23.1 Å². The van der Waals surface area contributed by atoms with Gasteiger partial charge in [-0.25, -0.2) is 4.68 Å². The number of carbonyl (C=O) groups excluding carboxylic acids is 1. The summed E-state index contributed by atoms with van der Waals surface area (Å²) in [5.41, 5.74) is 5.58. The zero-order chi connectivity index (χ0) is 16.4. The van der Waals surface area contributed by atoms with Crippen LogP contribution in [0, 0.1) is 5.92 Å². The van der Waals surface area contributed by atoms with Crippen LogP contribution in [0.2, 0.25) is 0 Å². The van der Waals surface area contributed by atoms with E-state index in [1.165, 1.54) is 4.68 Å². The van der Waals surface area contributed by atoms with Gasteiger partial charge in [0.2, 0.25) is 5.91 Å². The molecule has 2 heterocycles. The monoisotopic (exact) mass is 314 g/mol. The number of aromatic nitrogens is 2. The molecule has 2 N–H and O–H groups in total. The van der Waals surface area contributed by atoms with E-state index in [1.54, 1.807) is 12.3 Å². The van der Waals surface area contributed by atoms with Crippen molar-refractivity contribution in [2.24, 2.45) is 11.7 Å². The lowest BCUT2D eigenvalue weighted by Gasteiger charge is -2.38. The number of piperidine rings is 1. The van der Waals surface area contributed by atoms with Crippen molar-refractivity contribution in [3.8, 4) is 0 Å². The maximum absolute atomic E-state index is 12.6. The molecule has 0 bridgehead atoms. The molecule has 3 rings (SSSR count). The number of benzene rings is 1. The van der Waals surface area contributed by atoms with Gasteiger partial charge in [0.1, 0.15) is 6.54 Å². The molecule has 1 amide bonds. The van der Waals surface area contributed by atoms with Gasteiger partial charge in [0, 0.05) is 24.5 Å². The Kier molecular flexibility index (Phi) is 4.43. The maximum Gasteiger partial charge on any atom is 0.275 e. The van der Waals surface area contributed by atoms with Crippen LogP contribution in [0.5, 0.6) is 0 Å². The molecule has 0 spiro atoms. The number of rotatable bonds is 3. The number of amides is 1. The van der Waals surface area contributed by atoms with E-state index in [-0.39, 0.29) is 24.1 Å². The second-order valence-corrected chi connectivity index (χ2v) is 6.30. The first-order valence-corrected chi connectivity index (χ1v) is 8.04. The first-order chi connectivity index (χ1) is 11.1. The molecule has 6 heteroatoms. The summed E-state index contributed by atoms with van der Waals surface area (Å²) in [6, 6.07) is 7.33. The predicted molar refractivity (Wildman–Crippen MR) is 89.0 cm³/mol. The Labute approximate surface area is 134 Å². The van der Waals surface area contributed by atoms with E-state index in [4.69, 9.17) is 5.73 Å². The molecule has 2 aromatic rings. The van der Waals surface area contributed by atoms with Crippen molar-refractivity contribution >= 4 is 16.7 Å². The molecule has 1 aliphatic rings. The van der Waals surface area contributed by atoms with Crippen LogP contribution in [0.4, 0.5) is 0 Å². The highest BCUT2D eigenvalue weighted by Gasteiger charge is 2.29. The van der Waals surface area contributed by atoms with Gasteiger partial charge in [-0.3, -0.25) is 9.59 Å². The fourth-order valence-electron chi connectivity index (χ4n) is 3.26. The first-order valence-electron chi connectivity index (χ1n) is 8.04. The van der Waals surface area contributed by atoms with E-state index in [9.17, 15) is 9.59 Å². The third-order valence-electron chi connectivity index (χ3n) is 4.62. The van der Waals surface area contributed by atoms with Crippen molar-refractivity contribution in [1.82, 2.24) is 14.7 Å².